The van der Waals surface area contributed by atoms with Crippen molar-refractivity contribution in [2.75, 3.05) is 20.8 Å². The Morgan fingerprint density at radius 2 is 2.10 bits per heavy atom. The van der Waals surface area contributed by atoms with Crippen molar-refractivity contribution in [2.45, 2.75) is 6.92 Å². The molecule has 0 radical (unpaired) electrons. The predicted octanol–water partition coefficient (Wildman–Crippen LogP) is 0.943. The molecule has 7 nitrogen and oxygen atoms in total. The SMILES string of the molecule is CCOc1cc(/C=N\NC(=O)C(=O)NC)cc(Cl)c1OC. The predicted molar refractivity (Wildman–Crippen MR) is 79.0 cm³/mol. The first-order chi connectivity index (χ1) is 10.0. The highest BCUT2D eigenvalue weighted by Crippen LogP contribution is 2.35. The standard InChI is InChI=1S/C13H16ClN3O4/c1-4-21-10-6-8(5-9(14)11(10)20-3)7-16-17-13(19)12(18)15-2/h5-7H,4H2,1-3H3,(H,15,18)(H,17,19)/b16-7-. The number of hydrazone groups is 1. The molecule has 1 rings (SSSR count). The van der Waals surface area contributed by atoms with Crippen LogP contribution in [0.4, 0.5) is 0 Å². The van der Waals surface area contributed by atoms with E-state index in [1.807, 2.05) is 6.92 Å². The number of methoxy groups -OCH3 is 1. The Morgan fingerprint density at radius 1 is 1.38 bits per heavy atom. The van der Waals surface area contributed by atoms with E-state index in [2.05, 4.69) is 15.8 Å². The minimum Gasteiger partial charge on any atom is -0.491 e. The molecule has 1 aromatic carbocycles. The second-order valence-electron chi connectivity index (χ2n) is 3.75. The van der Waals surface area contributed by atoms with Crippen LogP contribution in [0.15, 0.2) is 17.2 Å². The average Bonchev–Trinajstić information content (AvgIpc) is 2.46. The number of halogens is 1. The highest BCUT2D eigenvalue weighted by molar-refractivity contribution is 6.35. The van der Waals surface area contributed by atoms with Crippen LogP contribution in [-0.2, 0) is 9.59 Å². The van der Waals surface area contributed by atoms with Gasteiger partial charge in [-0.3, -0.25) is 9.59 Å². The molecule has 0 aliphatic heterocycles. The van der Waals surface area contributed by atoms with Crippen molar-refractivity contribution in [1.82, 2.24) is 10.7 Å². The smallest absolute Gasteiger partial charge is 0.329 e. The molecule has 0 fully saturated rings. The van der Waals surface area contributed by atoms with Crippen LogP contribution in [0.3, 0.4) is 0 Å². The van der Waals surface area contributed by atoms with E-state index in [-0.39, 0.29) is 0 Å². The maximum absolute atomic E-state index is 11.2. The molecule has 2 amide bonds. The monoisotopic (exact) mass is 313 g/mol. The largest absolute Gasteiger partial charge is 0.491 e. The van der Waals surface area contributed by atoms with E-state index in [0.29, 0.717) is 28.7 Å². The van der Waals surface area contributed by atoms with Crippen molar-refractivity contribution in [3.05, 3.63) is 22.7 Å². The molecule has 0 bridgehead atoms. The molecule has 2 N–H and O–H groups in total. The lowest BCUT2D eigenvalue weighted by Crippen LogP contribution is -2.35. The van der Waals surface area contributed by atoms with E-state index in [9.17, 15) is 9.59 Å². The van der Waals surface area contributed by atoms with Crippen LogP contribution in [0.1, 0.15) is 12.5 Å². The fraction of sp³-hybridized carbons (Fsp3) is 0.308. The summed E-state index contributed by atoms with van der Waals surface area (Å²) in [6, 6.07) is 3.25. The molecule has 0 heterocycles. The summed E-state index contributed by atoms with van der Waals surface area (Å²) in [4.78, 5) is 22.2. The van der Waals surface area contributed by atoms with Gasteiger partial charge in [-0.15, -0.1) is 0 Å². The van der Waals surface area contributed by atoms with Crippen molar-refractivity contribution in [3.8, 4) is 11.5 Å². The van der Waals surface area contributed by atoms with Crippen molar-refractivity contribution >= 4 is 29.6 Å². The van der Waals surface area contributed by atoms with Gasteiger partial charge in [-0.2, -0.15) is 5.10 Å². The van der Waals surface area contributed by atoms with E-state index in [4.69, 9.17) is 21.1 Å². The summed E-state index contributed by atoms with van der Waals surface area (Å²) in [6.07, 6.45) is 1.34. The Balaban J connectivity index is 2.89. The number of nitrogens with one attached hydrogen (secondary N) is 2. The van der Waals surface area contributed by atoms with E-state index in [1.54, 1.807) is 12.1 Å². The summed E-state index contributed by atoms with van der Waals surface area (Å²) in [5.41, 5.74) is 2.67. The molecule has 21 heavy (non-hydrogen) atoms. The lowest BCUT2D eigenvalue weighted by Gasteiger charge is -2.11. The summed E-state index contributed by atoms with van der Waals surface area (Å²) in [6.45, 7) is 2.28. The number of amides is 2. The number of rotatable bonds is 5. The van der Waals surface area contributed by atoms with Crippen LogP contribution >= 0.6 is 11.6 Å². The van der Waals surface area contributed by atoms with Gasteiger partial charge in [-0.1, -0.05) is 11.6 Å². The molecule has 114 valence electrons. The zero-order chi connectivity index (χ0) is 15.8. The maximum Gasteiger partial charge on any atom is 0.329 e. The van der Waals surface area contributed by atoms with Crippen LogP contribution in [-0.4, -0.2) is 38.8 Å². The number of carbonyl (C=O) groups excluding carboxylic acids is 2. The van der Waals surface area contributed by atoms with Gasteiger partial charge in [0.05, 0.1) is 25.0 Å². The molecule has 0 aliphatic rings. The Kier molecular flexibility index (Phi) is 6.48. The zero-order valence-electron chi connectivity index (χ0n) is 11.9. The summed E-state index contributed by atoms with van der Waals surface area (Å²) < 4.78 is 10.6. The number of hydrogen-bond donors (Lipinski definition) is 2. The summed E-state index contributed by atoms with van der Waals surface area (Å²) in [5.74, 6) is -0.759. The Hall–Kier alpha value is -2.28. The van der Waals surface area contributed by atoms with Crippen LogP contribution in [0, 0.1) is 0 Å². The summed E-state index contributed by atoms with van der Waals surface area (Å²) in [5, 5.41) is 6.20. The number of hydrogen-bond acceptors (Lipinski definition) is 5. The molecule has 8 heteroatoms. The van der Waals surface area contributed by atoms with Crippen LogP contribution in [0.2, 0.25) is 5.02 Å². The first-order valence-electron chi connectivity index (χ1n) is 6.08. The van der Waals surface area contributed by atoms with Crippen LogP contribution in [0.5, 0.6) is 11.5 Å². The molecule has 0 saturated heterocycles. The second-order valence-corrected chi connectivity index (χ2v) is 4.15. The van der Waals surface area contributed by atoms with Gasteiger partial charge < -0.3 is 14.8 Å². The van der Waals surface area contributed by atoms with Gasteiger partial charge in [0.25, 0.3) is 0 Å². The minimum atomic E-state index is -0.863. The van der Waals surface area contributed by atoms with Gasteiger partial charge in [-0.25, -0.2) is 5.43 Å². The van der Waals surface area contributed by atoms with Crippen molar-refractivity contribution in [1.29, 1.82) is 0 Å². The molecule has 0 unspecified atom stereocenters. The average molecular weight is 314 g/mol. The van der Waals surface area contributed by atoms with Crippen molar-refractivity contribution in [3.63, 3.8) is 0 Å². The molecular formula is C13H16ClN3O4. The summed E-state index contributed by atoms with van der Waals surface area (Å²) >= 11 is 6.07. The first-order valence-corrected chi connectivity index (χ1v) is 6.46. The topological polar surface area (TPSA) is 89.0 Å². The fourth-order valence-corrected chi connectivity index (χ4v) is 1.75. The number of carbonyl (C=O) groups is 2. The Labute approximate surface area is 127 Å². The van der Waals surface area contributed by atoms with Crippen LogP contribution in [0.25, 0.3) is 0 Å². The quantitative estimate of drug-likeness (QED) is 0.481. The number of likely N-dealkylation sites (N-methyl/N-ethyl adjacent to an activating group) is 1. The first kappa shape index (κ1) is 16.8. The van der Waals surface area contributed by atoms with Gasteiger partial charge in [0.1, 0.15) is 0 Å². The molecule has 1 aromatic rings. The second kappa shape index (κ2) is 8.11. The van der Waals surface area contributed by atoms with E-state index < -0.39 is 11.8 Å². The number of benzene rings is 1. The third kappa shape index (κ3) is 4.64. The Morgan fingerprint density at radius 3 is 2.67 bits per heavy atom. The van der Waals surface area contributed by atoms with Gasteiger partial charge >= 0.3 is 11.8 Å². The Bertz CT molecular complexity index is 561. The highest BCUT2D eigenvalue weighted by atomic mass is 35.5. The van der Waals surface area contributed by atoms with E-state index in [1.165, 1.54) is 20.4 Å². The molecule has 0 aromatic heterocycles. The zero-order valence-corrected chi connectivity index (χ0v) is 12.7. The van der Waals surface area contributed by atoms with E-state index in [0.717, 1.165) is 0 Å². The third-order valence-corrected chi connectivity index (χ3v) is 2.63. The number of nitrogens with zero attached hydrogens (tertiary/aromatic N) is 1. The fourth-order valence-electron chi connectivity index (χ4n) is 1.45. The molecule has 0 spiro atoms. The van der Waals surface area contributed by atoms with Crippen LogP contribution < -0.4 is 20.2 Å². The van der Waals surface area contributed by atoms with Gasteiger partial charge in [0, 0.05) is 7.05 Å². The van der Waals surface area contributed by atoms with E-state index >= 15 is 0 Å². The molecular weight excluding hydrogens is 298 g/mol. The van der Waals surface area contributed by atoms with Gasteiger partial charge in [0.15, 0.2) is 11.5 Å². The minimum absolute atomic E-state index is 0.350. The normalized spacial score (nSPS) is 10.3. The number of ether oxygens (including phenoxy) is 2. The third-order valence-electron chi connectivity index (χ3n) is 2.35. The molecule has 0 saturated carbocycles. The molecule has 0 aliphatic carbocycles. The van der Waals surface area contributed by atoms with Gasteiger partial charge in [-0.05, 0) is 24.6 Å². The summed E-state index contributed by atoms with van der Waals surface area (Å²) in [7, 11) is 2.84. The molecule has 0 atom stereocenters. The highest BCUT2D eigenvalue weighted by Gasteiger charge is 2.11. The van der Waals surface area contributed by atoms with Gasteiger partial charge in [0.2, 0.25) is 0 Å². The van der Waals surface area contributed by atoms with Crippen molar-refractivity contribution < 1.29 is 19.1 Å². The lowest BCUT2D eigenvalue weighted by atomic mass is 10.2. The van der Waals surface area contributed by atoms with Crippen molar-refractivity contribution in [2.24, 2.45) is 5.10 Å². The lowest BCUT2D eigenvalue weighted by molar-refractivity contribution is -0.138. The maximum atomic E-state index is 11.2.